The molecule has 2 rings (SSSR count). The fourth-order valence-corrected chi connectivity index (χ4v) is 2.44. The lowest BCUT2D eigenvalue weighted by molar-refractivity contribution is 0.0602. The maximum Gasteiger partial charge on any atom is 0.339 e. The van der Waals surface area contributed by atoms with E-state index in [9.17, 15) is 9.18 Å². The van der Waals surface area contributed by atoms with Crippen molar-refractivity contribution in [2.45, 2.75) is 26.3 Å². The van der Waals surface area contributed by atoms with Crippen molar-refractivity contribution in [2.24, 2.45) is 0 Å². The predicted octanol–water partition coefficient (Wildman–Crippen LogP) is 3.01. The van der Waals surface area contributed by atoms with Crippen LogP contribution in [0.2, 0.25) is 0 Å². The zero-order valence-electron chi connectivity index (χ0n) is 13.0. The van der Waals surface area contributed by atoms with Crippen LogP contribution in [0.1, 0.15) is 35.8 Å². The van der Waals surface area contributed by atoms with Crippen LogP contribution >= 0.6 is 0 Å². The first-order valence-corrected chi connectivity index (χ1v) is 7.10. The Labute approximate surface area is 128 Å². The molecule has 0 aliphatic carbocycles. The number of nitrogens with two attached hydrogens (primary N) is 1. The van der Waals surface area contributed by atoms with Gasteiger partial charge in [0.2, 0.25) is 0 Å². The van der Waals surface area contributed by atoms with Gasteiger partial charge < -0.3 is 10.5 Å². The number of aromatic nitrogens is 2. The summed E-state index contributed by atoms with van der Waals surface area (Å²) in [7, 11) is 1.30. The third kappa shape index (κ3) is 2.95. The van der Waals surface area contributed by atoms with E-state index in [4.69, 9.17) is 10.5 Å². The highest BCUT2D eigenvalue weighted by Gasteiger charge is 2.18. The lowest BCUT2D eigenvalue weighted by Gasteiger charge is -2.16. The van der Waals surface area contributed by atoms with Gasteiger partial charge in [-0.2, -0.15) is 5.10 Å². The topological polar surface area (TPSA) is 70.1 Å². The zero-order valence-corrected chi connectivity index (χ0v) is 13.0. The van der Waals surface area contributed by atoms with E-state index in [0.717, 1.165) is 16.8 Å². The average Bonchev–Trinajstić information content (AvgIpc) is 2.96. The van der Waals surface area contributed by atoms with E-state index in [1.54, 1.807) is 18.3 Å². The van der Waals surface area contributed by atoms with Crippen molar-refractivity contribution < 1.29 is 13.9 Å². The number of hydrogen-bond acceptors (Lipinski definition) is 4. The molecular formula is C16H20FN3O2. The van der Waals surface area contributed by atoms with Crippen LogP contribution in [0, 0.1) is 0 Å². The third-order valence-electron chi connectivity index (χ3n) is 3.48. The molecule has 0 amide bonds. The minimum atomic E-state index is -0.513. The normalized spacial score (nSPS) is 11.0. The highest BCUT2D eigenvalue weighted by molar-refractivity contribution is 5.97. The lowest BCUT2D eigenvalue weighted by atomic mass is 9.97. The maximum absolute atomic E-state index is 12.9. The molecule has 22 heavy (non-hydrogen) atoms. The molecule has 0 spiro atoms. The van der Waals surface area contributed by atoms with Crippen LogP contribution in [0.4, 0.5) is 10.1 Å². The van der Waals surface area contributed by atoms with Gasteiger partial charge in [0, 0.05) is 29.9 Å². The number of methoxy groups -OCH3 is 1. The number of nitrogen functional groups attached to an aromatic ring is 1. The molecule has 0 fully saturated rings. The summed E-state index contributed by atoms with van der Waals surface area (Å²) in [5, 5.41) is 4.29. The van der Waals surface area contributed by atoms with Crippen molar-refractivity contribution in [2.75, 3.05) is 19.5 Å². The number of halogens is 1. The van der Waals surface area contributed by atoms with E-state index >= 15 is 0 Å². The number of esters is 1. The van der Waals surface area contributed by atoms with E-state index < -0.39 is 12.6 Å². The van der Waals surface area contributed by atoms with E-state index in [1.807, 2.05) is 24.6 Å². The monoisotopic (exact) mass is 305 g/mol. The van der Waals surface area contributed by atoms with Gasteiger partial charge in [-0.1, -0.05) is 0 Å². The van der Waals surface area contributed by atoms with Crippen LogP contribution in [0.15, 0.2) is 24.4 Å². The summed E-state index contributed by atoms with van der Waals surface area (Å²) < 4.78 is 19.4. The van der Waals surface area contributed by atoms with Crippen molar-refractivity contribution in [1.82, 2.24) is 9.78 Å². The van der Waals surface area contributed by atoms with Gasteiger partial charge in [-0.05, 0) is 37.6 Å². The predicted molar refractivity (Wildman–Crippen MR) is 83.5 cm³/mol. The van der Waals surface area contributed by atoms with Crippen molar-refractivity contribution in [3.8, 4) is 11.3 Å². The van der Waals surface area contributed by atoms with E-state index in [0.29, 0.717) is 0 Å². The molecule has 0 atom stereocenters. The molecule has 6 heteroatoms. The van der Waals surface area contributed by atoms with Gasteiger partial charge in [0.15, 0.2) is 0 Å². The molecular weight excluding hydrogens is 285 g/mol. The number of hydrogen-bond donors (Lipinski definition) is 1. The summed E-state index contributed by atoms with van der Waals surface area (Å²) in [5.74, 6) is -0.513. The summed E-state index contributed by atoms with van der Waals surface area (Å²) in [5.41, 5.74) is 8.78. The smallest absolute Gasteiger partial charge is 0.339 e. The fourth-order valence-electron chi connectivity index (χ4n) is 2.44. The first-order chi connectivity index (χ1) is 10.5. The molecule has 0 unspecified atom stereocenters. The molecule has 1 heterocycles. The van der Waals surface area contributed by atoms with Crippen molar-refractivity contribution >= 4 is 11.7 Å². The first-order valence-electron chi connectivity index (χ1n) is 7.10. The molecule has 0 aliphatic rings. The second-order valence-electron chi connectivity index (χ2n) is 5.28. The van der Waals surface area contributed by atoms with Gasteiger partial charge in [-0.3, -0.25) is 9.07 Å². The van der Waals surface area contributed by atoms with E-state index in [-0.39, 0.29) is 23.7 Å². The molecule has 118 valence electrons. The SMILES string of the molecule is COC(=O)c1cc(-c2ccnn2C(C)C)c(CCF)cc1N. The molecule has 0 saturated heterocycles. The Morgan fingerprint density at radius 2 is 2.18 bits per heavy atom. The second-order valence-corrected chi connectivity index (χ2v) is 5.28. The molecule has 5 nitrogen and oxygen atoms in total. The first kappa shape index (κ1) is 16.0. The Kier molecular flexibility index (Phi) is 4.80. The Morgan fingerprint density at radius 1 is 1.45 bits per heavy atom. The summed E-state index contributed by atoms with van der Waals surface area (Å²) in [6.45, 7) is 3.51. The molecule has 1 aromatic heterocycles. The highest BCUT2D eigenvalue weighted by Crippen LogP contribution is 2.30. The number of carbonyl (C=O) groups is 1. The summed E-state index contributed by atoms with van der Waals surface area (Å²) in [6, 6.07) is 5.28. The summed E-state index contributed by atoms with van der Waals surface area (Å²) in [4.78, 5) is 11.8. The number of benzene rings is 1. The van der Waals surface area contributed by atoms with Crippen LogP contribution in [-0.4, -0.2) is 29.5 Å². The third-order valence-corrected chi connectivity index (χ3v) is 3.48. The average molecular weight is 305 g/mol. The molecule has 0 bridgehead atoms. The lowest BCUT2D eigenvalue weighted by Crippen LogP contribution is -2.10. The van der Waals surface area contributed by atoms with Gasteiger partial charge in [-0.15, -0.1) is 0 Å². The molecule has 1 aromatic carbocycles. The highest BCUT2D eigenvalue weighted by atomic mass is 19.1. The number of rotatable bonds is 5. The van der Waals surface area contributed by atoms with Gasteiger partial charge >= 0.3 is 5.97 Å². The van der Waals surface area contributed by atoms with Gasteiger partial charge in [0.05, 0.1) is 25.0 Å². The molecule has 2 N–H and O–H groups in total. The van der Waals surface area contributed by atoms with Crippen LogP contribution < -0.4 is 5.73 Å². The molecule has 0 radical (unpaired) electrons. The Balaban J connectivity index is 2.65. The number of nitrogens with zero attached hydrogens (tertiary/aromatic N) is 2. The zero-order chi connectivity index (χ0) is 16.3. The number of ether oxygens (including phenoxy) is 1. The van der Waals surface area contributed by atoms with E-state index in [1.165, 1.54) is 7.11 Å². The van der Waals surface area contributed by atoms with Crippen LogP contribution in [0.25, 0.3) is 11.3 Å². The van der Waals surface area contributed by atoms with Crippen molar-refractivity contribution in [3.63, 3.8) is 0 Å². The number of carbonyl (C=O) groups excluding carboxylic acids is 1. The quantitative estimate of drug-likeness (QED) is 0.681. The van der Waals surface area contributed by atoms with Gasteiger partial charge in [-0.25, -0.2) is 4.79 Å². The maximum atomic E-state index is 12.9. The number of anilines is 1. The van der Waals surface area contributed by atoms with Crippen LogP contribution in [0.5, 0.6) is 0 Å². The molecule has 0 saturated carbocycles. The van der Waals surface area contributed by atoms with Crippen LogP contribution in [-0.2, 0) is 11.2 Å². The standard InChI is InChI=1S/C16H20FN3O2/c1-10(2)20-15(5-7-19-20)12-9-13(16(21)22-3)14(18)8-11(12)4-6-17/h5,7-10H,4,6,18H2,1-3H3. The fraction of sp³-hybridized carbons (Fsp3) is 0.375. The van der Waals surface area contributed by atoms with Gasteiger partial charge in [0.1, 0.15) is 0 Å². The van der Waals surface area contributed by atoms with Crippen molar-refractivity contribution in [1.29, 1.82) is 0 Å². The van der Waals surface area contributed by atoms with Gasteiger partial charge in [0.25, 0.3) is 0 Å². The Morgan fingerprint density at radius 3 is 2.77 bits per heavy atom. The number of alkyl halides is 1. The largest absolute Gasteiger partial charge is 0.465 e. The minimum Gasteiger partial charge on any atom is -0.465 e. The molecule has 2 aromatic rings. The minimum absolute atomic E-state index is 0.141. The van der Waals surface area contributed by atoms with E-state index in [2.05, 4.69) is 5.10 Å². The van der Waals surface area contributed by atoms with Crippen LogP contribution in [0.3, 0.4) is 0 Å². The Bertz CT molecular complexity index is 680. The number of aryl methyl sites for hydroxylation is 1. The summed E-state index contributed by atoms with van der Waals surface area (Å²) >= 11 is 0. The Hall–Kier alpha value is -2.37. The molecule has 0 aliphatic heterocycles. The van der Waals surface area contributed by atoms with Crippen molar-refractivity contribution in [3.05, 3.63) is 35.5 Å². The summed E-state index contributed by atoms with van der Waals surface area (Å²) in [6.07, 6.45) is 1.91. The second kappa shape index (κ2) is 6.60.